The SMILES string of the molecule is CCNC(=NCCN(CC)C(C)C)N1CCCC1.I. The summed E-state index contributed by atoms with van der Waals surface area (Å²) in [5.41, 5.74) is 0. The Morgan fingerprint density at radius 3 is 2.37 bits per heavy atom. The first kappa shape index (κ1) is 19.0. The van der Waals surface area contributed by atoms with E-state index in [0.717, 1.165) is 45.2 Å². The van der Waals surface area contributed by atoms with Crippen LogP contribution in [-0.4, -0.2) is 61.1 Å². The number of guanidine groups is 1. The van der Waals surface area contributed by atoms with Crippen LogP contribution >= 0.6 is 24.0 Å². The lowest BCUT2D eigenvalue weighted by molar-refractivity contribution is 0.240. The highest BCUT2D eigenvalue weighted by atomic mass is 127. The van der Waals surface area contributed by atoms with E-state index in [4.69, 9.17) is 4.99 Å². The zero-order valence-electron chi connectivity index (χ0n) is 13.0. The lowest BCUT2D eigenvalue weighted by Crippen LogP contribution is -2.40. The van der Waals surface area contributed by atoms with E-state index in [0.29, 0.717) is 6.04 Å². The van der Waals surface area contributed by atoms with E-state index in [-0.39, 0.29) is 24.0 Å². The molecular weight excluding hydrogens is 351 g/mol. The Balaban J connectivity index is 0.00000324. The summed E-state index contributed by atoms with van der Waals surface area (Å²) in [6, 6.07) is 0.611. The summed E-state index contributed by atoms with van der Waals surface area (Å²) < 4.78 is 0. The molecule has 1 saturated heterocycles. The number of hydrogen-bond donors (Lipinski definition) is 1. The lowest BCUT2D eigenvalue weighted by Gasteiger charge is -2.25. The van der Waals surface area contributed by atoms with Gasteiger partial charge >= 0.3 is 0 Å². The van der Waals surface area contributed by atoms with Gasteiger partial charge in [0.25, 0.3) is 0 Å². The van der Waals surface area contributed by atoms with Gasteiger partial charge in [0.05, 0.1) is 6.54 Å². The Morgan fingerprint density at radius 2 is 1.89 bits per heavy atom. The van der Waals surface area contributed by atoms with Crippen LogP contribution in [0.5, 0.6) is 0 Å². The third-order valence-electron chi connectivity index (χ3n) is 3.53. The van der Waals surface area contributed by atoms with Crippen molar-refractivity contribution >= 4 is 29.9 Å². The van der Waals surface area contributed by atoms with Gasteiger partial charge in [-0.25, -0.2) is 0 Å². The highest BCUT2D eigenvalue weighted by molar-refractivity contribution is 14.0. The monoisotopic (exact) mass is 382 g/mol. The number of nitrogens with zero attached hydrogens (tertiary/aromatic N) is 3. The van der Waals surface area contributed by atoms with E-state index in [1.54, 1.807) is 0 Å². The standard InChI is InChI=1S/C14H30N4.HI/c1-5-15-14(18-10-7-8-11-18)16-9-12-17(6-2)13(3)4;/h13H,5-12H2,1-4H3,(H,15,16);1H. The molecule has 1 N–H and O–H groups in total. The predicted octanol–water partition coefficient (Wildman–Crippen LogP) is 2.40. The predicted molar refractivity (Wildman–Crippen MR) is 94.6 cm³/mol. The molecule has 19 heavy (non-hydrogen) atoms. The molecule has 0 aromatic heterocycles. The molecule has 1 rings (SSSR count). The van der Waals surface area contributed by atoms with E-state index in [9.17, 15) is 0 Å². The Morgan fingerprint density at radius 1 is 1.26 bits per heavy atom. The molecule has 0 bridgehead atoms. The van der Waals surface area contributed by atoms with Crippen LogP contribution in [0.15, 0.2) is 4.99 Å². The topological polar surface area (TPSA) is 30.9 Å². The number of aliphatic imine (C=N–C) groups is 1. The molecule has 4 nitrogen and oxygen atoms in total. The molecule has 1 aliphatic heterocycles. The van der Waals surface area contributed by atoms with Gasteiger partial charge in [-0.3, -0.25) is 9.89 Å². The van der Waals surface area contributed by atoms with Crippen LogP contribution < -0.4 is 5.32 Å². The second-order valence-corrected chi connectivity index (χ2v) is 5.15. The maximum absolute atomic E-state index is 4.76. The number of nitrogens with one attached hydrogen (secondary N) is 1. The van der Waals surface area contributed by atoms with Crippen LogP contribution in [0.2, 0.25) is 0 Å². The molecule has 114 valence electrons. The first-order valence-electron chi connectivity index (χ1n) is 7.46. The molecule has 5 heteroatoms. The molecule has 0 aliphatic carbocycles. The third kappa shape index (κ3) is 6.79. The Kier molecular flexibility index (Phi) is 10.7. The molecule has 1 aliphatic rings. The minimum absolute atomic E-state index is 0. The van der Waals surface area contributed by atoms with Crippen LogP contribution in [0.25, 0.3) is 0 Å². The summed E-state index contributed by atoms with van der Waals surface area (Å²) in [6.45, 7) is 15.2. The fourth-order valence-corrected chi connectivity index (χ4v) is 2.42. The molecule has 0 aromatic carbocycles. The number of halogens is 1. The van der Waals surface area contributed by atoms with Crippen molar-refractivity contribution in [3.63, 3.8) is 0 Å². The van der Waals surface area contributed by atoms with Gasteiger partial charge in [-0.15, -0.1) is 24.0 Å². The highest BCUT2D eigenvalue weighted by Crippen LogP contribution is 2.07. The maximum atomic E-state index is 4.76. The Labute approximate surface area is 136 Å². The van der Waals surface area contributed by atoms with Crippen LogP contribution in [0.4, 0.5) is 0 Å². The Bertz CT molecular complexity index is 250. The summed E-state index contributed by atoms with van der Waals surface area (Å²) in [7, 11) is 0. The van der Waals surface area contributed by atoms with Crippen molar-refractivity contribution in [1.29, 1.82) is 0 Å². The van der Waals surface area contributed by atoms with Gasteiger partial charge in [-0.2, -0.15) is 0 Å². The summed E-state index contributed by atoms with van der Waals surface area (Å²) in [4.78, 5) is 9.59. The van der Waals surface area contributed by atoms with E-state index in [1.165, 1.54) is 12.8 Å². The van der Waals surface area contributed by atoms with Gasteiger partial charge in [0.15, 0.2) is 5.96 Å². The summed E-state index contributed by atoms with van der Waals surface area (Å²) >= 11 is 0. The first-order chi connectivity index (χ1) is 8.69. The van der Waals surface area contributed by atoms with Crippen molar-refractivity contribution in [3.8, 4) is 0 Å². The van der Waals surface area contributed by atoms with Gasteiger partial charge < -0.3 is 10.2 Å². The number of likely N-dealkylation sites (tertiary alicyclic amines) is 1. The van der Waals surface area contributed by atoms with Crippen molar-refractivity contribution in [2.75, 3.05) is 39.3 Å². The molecule has 0 atom stereocenters. The fourth-order valence-electron chi connectivity index (χ4n) is 2.42. The molecule has 0 aromatic rings. The van der Waals surface area contributed by atoms with Gasteiger partial charge in [0, 0.05) is 32.2 Å². The molecular formula is C14H31IN4. The average Bonchev–Trinajstić information content (AvgIpc) is 2.86. The second-order valence-electron chi connectivity index (χ2n) is 5.15. The third-order valence-corrected chi connectivity index (χ3v) is 3.53. The quantitative estimate of drug-likeness (QED) is 0.435. The van der Waals surface area contributed by atoms with E-state index in [2.05, 4.69) is 42.8 Å². The number of likely N-dealkylation sites (N-methyl/N-ethyl adjacent to an activating group) is 1. The molecule has 1 heterocycles. The smallest absolute Gasteiger partial charge is 0.193 e. The minimum atomic E-state index is 0. The zero-order chi connectivity index (χ0) is 13.4. The fraction of sp³-hybridized carbons (Fsp3) is 0.929. The molecule has 0 saturated carbocycles. The molecule has 0 amide bonds. The van der Waals surface area contributed by atoms with Crippen LogP contribution in [-0.2, 0) is 0 Å². The molecule has 1 fully saturated rings. The van der Waals surface area contributed by atoms with E-state index in [1.807, 2.05) is 0 Å². The second kappa shape index (κ2) is 10.7. The summed E-state index contributed by atoms with van der Waals surface area (Å²) in [5, 5.41) is 3.40. The maximum Gasteiger partial charge on any atom is 0.193 e. The zero-order valence-corrected chi connectivity index (χ0v) is 15.3. The van der Waals surface area contributed by atoms with Crippen LogP contribution in [0.1, 0.15) is 40.5 Å². The first-order valence-corrected chi connectivity index (χ1v) is 7.46. The van der Waals surface area contributed by atoms with Crippen LogP contribution in [0, 0.1) is 0 Å². The average molecular weight is 382 g/mol. The molecule has 0 unspecified atom stereocenters. The minimum Gasteiger partial charge on any atom is -0.357 e. The van der Waals surface area contributed by atoms with Gasteiger partial charge in [0.2, 0.25) is 0 Å². The van der Waals surface area contributed by atoms with Gasteiger partial charge in [-0.05, 0) is 40.2 Å². The van der Waals surface area contributed by atoms with Gasteiger partial charge in [-0.1, -0.05) is 6.92 Å². The summed E-state index contributed by atoms with van der Waals surface area (Å²) in [5.74, 6) is 1.11. The number of rotatable bonds is 6. The van der Waals surface area contributed by atoms with Crippen molar-refractivity contribution in [1.82, 2.24) is 15.1 Å². The van der Waals surface area contributed by atoms with Crippen molar-refractivity contribution in [2.45, 2.75) is 46.6 Å². The van der Waals surface area contributed by atoms with Crippen molar-refractivity contribution in [3.05, 3.63) is 0 Å². The number of hydrogen-bond acceptors (Lipinski definition) is 2. The van der Waals surface area contributed by atoms with Crippen LogP contribution in [0.3, 0.4) is 0 Å². The van der Waals surface area contributed by atoms with E-state index >= 15 is 0 Å². The summed E-state index contributed by atoms with van der Waals surface area (Å²) in [6.07, 6.45) is 2.61. The largest absolute Gasteiger partial charge is 0.357 e. The van der Waals surface area contributed by atoms with Crippen molar-refractivity contribution in [2.24, 2.45) is 4.99 Å². The normalized spacial score (nSPS) is 16.1. The molecule has 0 radical (unpaired) electrons. The highest BCUT2D eigenvalue weighted by Gasteiger charge is 2.15. The van der Waals surface area contributed by atoms with Crippen molar-refractivity contribution < 1.29 is 0 Å². The van der Waals surface area contributed by atoms with Gasteiger partial charge in [0.1, 0.15) is 0 Å². The molecule has 0 spiro atoms. The Hall–Kier alpha value is -0.0400. The lowest BCUT2D eigenvalue weighted by atomic mass is 10.3. The van der Waals surface area contributed by atoms with E-state index < -0.39 is 0 Å².